The molecular weight excluding hydrogens is 235 g/mol. The lowest BCUT2D eigenvalue weighted by atomic mass is 10.2. The molecule has 1 aromatic rings. The van der Waals surface area contributed by atoms with E-state index in [9.17, 15) is 9.18 Å². The largest absolute Gasteiger partial charge is 0.494 e. The molecule has 0 aliphatic rings. The van der Waals surface area contributed by atoms with E-state index in [0.29, 0.717) is 31.7 Å². The van der Waals surface area contributed by atoms with Crippen LogP contribution in [-0.2, 0) is 4.79 Å². The molecule has 5 heteroatoms. The number of hydrogen-bond acceptors (Lipinski definition) is 3. The number of carbonyl (C=O) groups excluding carboxylic acids is 1. The highest BCUT2D eigenvalue weighted by atomic mass is 19.1. The summed E-state index contributed by atoms with van der Waals surface area (Å²) in [6, 6.07) is 5.80. The molecule has 3 N–H and O–H groups in total. The van der Waals surface area contributed by atoms with Crippen LogP contribution in [0.15, 0.2) is 24.3 Å². The number of hydrogen-bond donors (Lipinski definition) is 2. The highest BCUT2D eigenvalue weighted by molar-refractivity contribution is 5.76. The second-order valence-electron chi connectivity index (χ2n) is 4.11. The summed E-state index contributed by atoms with van der Waals surface area (Å²) in [5.41, 5.74) is 5.39. The van der Waals surface area contributed by atoms with Crippen molar-refractivity contribution in [3.05, 3.63) is 30.1 Å². The van der Waals surface area contributed by atoms with E-state index in [1.54, 1.807) is 12.1 Å². The van der Waals surface area contributed by atoms with E-state index in [2.05, 4.69) is 5.32 Å². The number of amides is 1. The van der Waals surface area contributed by atoms with Gasteiger partial charge in [0, 0.05) is 19.0 Å². The standard InChI is InChI=1S/C13H19FN2O2/c1-10(9-15)16-13(17)3-2-8-18-12-6-4-11(14)5-7-12/h4-7,10H,2-3,8-9,15H2,1H3,(H,16,17)/t10-/m0/s1. The molecule has 1 rings (SSSR count). The molecule has 0 spiro atoms. The van der Waals surface area contributed by atoms with Gasteiger partial charge in [0.1, 0.15) is 11.6 Å². The first-order chi connectivity index (χ1) is 8.61. The Morgan fingerprint density at radius 3 is 2.72 bits per heavy atom. The Morgan fingerprint density at radius 1 is 1.44 bits per heavy atom. The first kappa shape index (κ1) is 14.4. The maximum atomic E-state index is 12.6. The van der Waals surface area contributed by atoms with Crippen molar-refractivity contribution < 1.29 is 13.9 Å². The fourth-order valence-corrected chi connectivity index (χ4v) is 1.36. The molecule has 1 aromatic carbocycles. The van der Waals surface area contributed by atoms with Gasteiger partial charge in [0.05, 0.1) is 6.61 Å². The SMILES string of the molecule is C[C@@H](CN)NC(=O)CCCOc1ccc(F)cc1. The smallest absolute Gasteiger partial charge is 0.220 e. The maximum Gasteiger partial charge on any atom is 0.220 e. The van der Waals surface area contributed by atoms with Crippen molar-refractivity contribution in [3.63, 3.8) is 0 Å². The molecule has 0 unspecified atom stereocenters. The van der Waals surface area contributed by atoms with Gasteiger partial charge in [0.15, 0.2) is 0 Å². The summed E-state index contributed by atoms with van der Waals surface area (Å²) >= 11 is 0. The molecule has 18 heavy (non-hydrogen) atoms. The zero-order valence-corrected chi connectivity index (χ0v) is 10.5. The maximum absolute atomic E-state index is 12.6. The van der Waals surface area contributed by atoms with Gasteiger partial charge in [-0.2, -0.15) is 0 Å². The van der Waals surface area contributed by atoms with Crippen LogP contribution in [0.3, 0.4) is 0 Å². The summed E-state index contributed by atoms with van der Waals surface area (Å²) in [5.74, 6) is 0.278. The summed E-state index contributed by atoms with van der Waals surface area (Å²) in [5, 5.41) is 2.77. The van der Waals surface area contributed by atoms with Gasteiger partial charge in [-0.05, 0) is 37.6 Å². The molecule has 100 valence electrons. The van der Waals surface area contributed by atoms with Crippen LogP contribution in [0.25, 0.3) is 0 Å². The summed E-state index contributed by atoms with van der Waals surface area (Å²) < 4.78 is 18.0. The number of carbonyl (C=O) groups is 1. The number of halogens is 1. The Bertz CT molecular complexity index is 368. The van der Waals surface area contributed by atoms with E-state index < -0.39 is 0 Å². The van der Waals surface area contributed by atoms with Gasteiger partial charge < -0.3 is 15.8 Å². The third-order valence-corrected chi connectivity index (χ3v) is 2.39. The molecule has 0 saturated carbocycles. The minimum absolute atomic E-state index is 0.00415. The predicted octanol–water partition coefficient (Wildman–Crippen LogP) is 1.45. The van der Waals surface area contributed by atoms with Crippen LogP contribution < -0.4 is 15.8 Å². The Labute approximate surface area is 106 Å². The number of nitrogens with one attached hydrogen (secondary N) is 1. The molecule has 1 amide bonds. The van der Waals surface area contributed by atoms with Crippen LogP contribution in [0.5, 0.6) is 5.75 Å². The Kier molecular flexibility index (Phi) is 6.14. The summed E-state index contributed by atoms with van der Waals surface area (Å²) in [6.45, 7) is 2.71. The molecule has 0 aliphatic heterocycles. The normalized spacial score (nSPS) is 11.9. The Hall–Kier alpha value is -1.62. The monoisotopic (exact) mass is 254 g/mol. The first-order valence-corrected chi connectivity index (χ1v) is 5.99. The lowest BCUT2D eigenvalue weighted by molar-refractivity contribution is -0.121. The summed E-state index contributed by atoms with van der Waals surface area (Å²) in [7, 11) is 0. The number of nitrogens with two attached hydrogens (primary N) is 1. The lowest BCUT2D eigenvalue weighted by Gasteiger charge is -2.11. The average molecular weight is 254 g/mol. The third kappa shape index (κ3) is 5.63. The minimum atomic E-state index is -0.294. The van der Waals surface area contributed by atoms with Crippen molar-refractivity contribution in [3.8, 4) is 5.75 Å². The van der Waals surface area contributed by atoms with E-state index in [1.807, 2.05) is 6.92 Å². The highest BCUT2D eigenvalue weighted by Crippen LogP contribution is 2.11. The van der Waals surface area contributed by atoms with E-state index >= 15 is 0 Å². The zero-order chi connectivity index (χ0) is 13.4. The molecule has 0 fully saturated rings. The zero-order valence-electron chi connectivity index (χ0n) is 10.5. The Morgan fingerprint density at radius 2 is 2.11 bits per heavy atom. The van der Waals surface area contributed by atoms with Crippen LogP contribution in [-0.4, -0.2) is 25.1 Å². The van der Waals surface area contributed by atoms with Crippen molar-refractivity contribution in [1.82, 2.24) is 5.32 Å². The number of ether oxygens (including phenoxy) is 1. The average Bonchev–Trinajstić information content (AvgIpc) is 2.36. The molecule has 0 heterocycles. The number of benzene rings is 1. The van der Waals surface area contributed by atoms with E-state index in [1.165, 1.54) is 12.1 Å². The van der Waals surface area contributed by atoms with Crippen LogP contribution in [0.2, 0.25) is 0 Å². The van der Waals surface area contributed by atoms with Gasteiger partial charge >= 0.3 is 0 Å². The molecule has 0 saturated heterocycles. The molecular formula is C13H19FN2O2. The van der Waals surface area contributed by atoms with E-state index in [0.717, 1.165) is 0 Å². The lowest BCUT2D eigenvalue weighted by Crippen LogP contribution is -2.37. The van der Waals surface area contributed by atoms with Crippen molar-refractivity contribution in [2.45, 2.75) is 25.8 Å². The second-order valence-corrected chi connectivity index (χ2v) is 4.11. The van der Waals surface area contributed by atoms with Gasteiger partial charge in [0.25, 0.3) is 0 Å². The third-order valence-electron chi connectivity index (χ3n) is 2.39. The molecule has 4 nitrogen and oxygen atoms in total. The summed E-state index contributed by atoms with van der Waals surface area (Å²) in [6.07, 6.45) is 1.01. The molecule has 0 radical (unpaired) electrons. The quantitative estimate of drug-likeness (QED) is 0.724. The molecule has 0 aliphatic carbocycles. The molecule has 1 atom stereocenters. The fourth-order valence-electron chi connectivity index (χ4n) is 1.36. The first-order valence-electron chi connectivity index (χ1n) is 5.99. The van der Waals surface area contributed by atoms with Crippen molar-refractivity contribution >= 4 is 5.91 Å². The van der Waals surface area contributed by atoms with E-state index in [4.69, 9.17) is 10.5 Å². The molecule has 0 aromatic heterocycles. The predicted molar refractivity (Wildman–Crippen MR) is 67.8 cm³/mol. The van der Waals surface area contributed by atoms with Crippen LogP contribution >= 0.6 is 0 Å². The number of rotatable bonds is 7. The van der Waals surface area contributed by atoms with Gasteiger partial charge in [-0.3, -0.25) is 4.79 Å². The highest BCUT2D eigenvalue weighted by Gasteiger charge is 2.05. The van der Waals surface area contributed by atoms with Crippen molar-refractivity contribution in [2.75, 3.05) is 13.2 Å². The van der Waals surface area contributed by atoms with Gasteiger partial charge in [-0.15, -0.1) is 0 Å². The second kappa shape index (κ2) is 7.66. The molecule has 0 bridgehead atoms. The topological polar surface area (TPSA) is 64.3 Å². The van der Waals surface area contributed by atoms with Crippen LogP contribution in [0, 0.1) is 5.82 Å². The van der Waals surface area contributed by atoms with Crippen molar-refractivity contribution in [2.24, 2.45) is 5.73 Å². The van der Waals surface area contributed by atoms with E-state index in [-0.39, 0.29) is 17.8 Å². The van der Waals surface area contributed by atoms with Gasteiger partial charge in [-0.25, -0.2) is 4.39 Å². The van der Waals surface area contributed by atoms with Gasteiger partial charge in [0.2, 0.25) is 5.91 Å². The van der Waals surface area contributed by atoms with Crippen molar-refractivity contribution in [1.29, 1.82) is 0 Å². The fraction of sp³-hybridized carbons (Fsp3) is 0.462. The minimum Gasteiger partial charge on any atom is -0.494 e. The van der Waals surface area contributed by atoms with Gasteiger partial charge in [-0.1, -0.05) is 0 Å². The Balaban J connectivity index is 2.15. The summed E-state index contributed by atoms with van der Waals surface area (Å²) in [4.78, 5) is 11.4. The van der Waals surface area contributed by atoms with Crippen LogP contribution in [0.4, 0.5) is 4.39 Å². The van der Waals surface area contributed by atoms with Crippen LogP contribution in [0.1, 0.15) is 19.8 Å².